The molecule has 2 fully saturated rings. The zero-order valence-electron chi connectivity index (χ0n) is 8.90. The number of carbonyl (C=O) groups excluding carboxylic acids is 1. The first-order valence-electron chi connectivity index (χ1n) is 5.51. The van der Waals surface area contributed by atoms with Gasteiger partial charge in [-0.15, -0.1) is 0 Å². The minimum absolute atomic E-state index is 0.0202. The van der Waals surface area contributed by atoms with Gasteiger partial charge in [-0.1, -0.05) is 18.2 Å². The van der Waals surface area contributed by atoms with Crippen LogP contribution < -0.4 is 10.1 Å². The fourth-order valence-corrected chi connectivity index (χ4v) is 2.50. The molecular weight excluding hydrogens is 228 g/mol. The molecule has 90 valence electrons. The molecule has 0 radical (unpaired) electrons. The molecular formula is C12H11F2NO2. The molecule has 1 aliphatic carbocycles. The quantitative estimate of drug-likeness (QED) is 0.877. The van der Waals surface area contributed by atoms with Crippen LogP contribution in [0.2, 0.25) is 0 Å². The smallest absolute Gasteiger partial charge is 0.387 e. The lowest BCUT2D eigenvalue weighted by Crippen LogP contribution is -2.24. The van der Waals surface area contributed by atoms with E-state index in [2.05, 4.69) is 10.1 Å². The normalized spacial score (nSPS) is 30.1. The maximum atomic E-state index is 12.3. The third kappa shape index (κ3) is 1.75. The summed E-state index contributed by atoms with van der Waals surface area (Å²) in [4.78, 5) is 11.4. The van der Waals surface area contributed by atoms with Gasteiger partial charge < -0.3 is 10.1 Å². The van der Waals surface area contributed by atoms with Crippen LogP contribution in [0.3, 0.4) is 0 Å². The van der Waals surface area contributed by atoms with Gasteiger partial charge in [0.1, 0.15) is 5.75 Å². The summed E-state index contributed by atoms with van der Waals surface area (Å²) in [5.74, 6) is 0.483. The number of piperidine rings is 1. The Bertz CT molecular complexity index is 464. The van der Waals surface area contributed by atoms with Crippen molar-refractivity contribution in [3.8, 4) is 5.75 Å². The van der Waals surface area contributed by atoms with Crippen molar-refractivity contribution in [3.05, 3.63) is 29.8 Å². The highest BCUT2D eigenvalue weighted by Gasteiger charge is 2.55. The van der Waals surface area contributed by atoms with E-state index in [1.165, 1.54) is 6.07 Å². The largest absolute Gasteiger partial charge is 0.434 e. The molecule has 1 aliphatic heterocycles. The lowest BCUT2D eigenvalue weighted by atomic mass is 10.0. The van der Waals surface area contributed by atoms with Gasteiger partial charge in [-0.3, -0.25) is 4.79 Å². The first kappa shape index (κ1) is 10.5. The third-order valence-electron chi connectivity index (χ3n) is 3.37. The SMILES string of the molecule is O=C1N[C@@H](c2ccccc2OC(F)F)[C@H]2C[C@@H]12. The monoisotopic (exact) mass is 239 g/mol. The molecule has 17 heavy (non-hydrogen) atoms. The fourth-order valence-electron chi connectivity index (χ4n) is 2.50. The van der Waals surface area contributed by atoms with Gasteiger partial charge in [0.05, 0.1) is 6.04 Å². The van der Waals surface area contributed by atoms with Crippen molar-refractivity contribution in [1.82, 2.24) is 5.32 Å². The van der Waals surface area contributed by atoms with Crippen molar-refractivity contribution in [2.24, 2.45) is 11.8 Å². The standard InChI is InChI=1S/C12H11F2NO2/c13-12(14)17-9-4-2-1-3-6(9)10-7-5-8(7)11(16)15-10/h1-4,7-8,10,12H,5H2,(H,15,16)/t7-,8+,10-/m0/s1. The van der Waals surface area contributed by atoms with Crippen LogP contribution in [0.5, 0.6) is 5.75 Å². The van der Waals surface area contributed by atoms with Crippen LogP contribution in [0.4, 0.5) is 8.78 Å². The van der Waals surface area contributed by atoms with Crippen molar-refractivity contribution in [3.63, 3.8) is 0 Å². The Hall–Kier alpha value is -1.65. The summed E-state index contributed by atoms with van der Waals surface area (Å²) in [6.45, 7) is -2.84. The Balaban J connectivity index is 1.89. The number of hydrogen-bond acceptors (Lipinski definition) is 2. The number of hydrogen-bond donors (Lipinski definition) is 1. The molecule has 1 heterocycles. The molecule has 0 aromatic heterocycles. The van der Waals surface area contributed by atoms with Gasteiger partial charge in [-0.05, 0) is 18.4 Å². The lowest BCUT2D eigenvalue weighted by molar-refractivity contribution is -0.121. The maximum Gasteiger partial charge on any atom is 0.387 e. The molecule has 0 unspecified atom stereocenters. The number of fused-ring (bicyclic) bond motifs is 1. The van der Waals surface area contributed by atoms with E-state index in [-0.39, 0.29) is 29.5 Å². The second-order valence-electron chi connectivity index (χ2n) is 4.41. The number of rotatable bonds is 3. The summed E-state index contributed by atoms with van der Waals surface area (Å²) in [6.07, 6.45) is 0.847. The van der Waals surface area contributed by atoms with Crippen molar-refractivity contribution >= 4 is 5.91 Å². The number of ether oxygens (including phenoxy) is 1. The van der Waals surface area contributed by atoms with E-state index in [0.29, 0.717) is 5.56 Å². The summed E-state index contributed by atoms with van der Waals surface area (Å²) in [6, 6.07) is 6.45. The van der Waals surface area contributed by atoms with Gasteiger partial charge in [0, 0.05) is 11.5 Å². The number of amides is 1. The predicted octanol–water partition coefficient (Wildman–Crippen LogP) is 2.09. The fraction of sp³-hybridized carbons (Fsp3) is 0.417. The molecule has 5 heteroatoms. The van der Waals surface area contributed by atoms with Crippen LogP contribution in [-0.4, -0.2) is 12.5 Å². The molecule has 1 N–H and O–H groups in total. The number of para-hydroxylation sites is 1. The van der Waals surface area contributed by atoms with Crippen LogP contribution >= 0.6 is 0 Å². The van der Waals surface area contributed by atoms with E-state index in [0.717, 1.165) is 6.42 Å². The van der Waals surface area contributed by atoms with E-state index in [1.807, 2.05) is 0 Å². The average molecular weight is 239 g/mol. The van der Waals surface area contributed by atoms with E-state index >= 15 is 0 Å². The minimum Gasteiger partial charge on any atom is -0.434 e. The molecule has 0 bridgehead atoms. The third-order valence-corrected chi connectivity index (χ3v) is 3.37. The Morgan fingerprint density at radius 3 is 2.71 bits per heavy atom. The van der Waals surface area contributed by atoms with Gasteiger partial charge in [0.25, 0.3) is 0 Å². The molecule has 3 atom stereocenters. The predicted molar refractivity (Wildman–Crippen MR) is 55.6 cm³/mol. The van der Waals surface area contributed by atoms with Gasteiger partial charge in [-0.2, -0.15) is 8.78 Å². The van der Waals surface area contributed by atoms with Gasteiger partial charge in [0.2, 0.25) is 5.91 Å². The number of benzene rings is 1. The summed E-state index contributed by atoms with van der Waals surface area (Å²) < 4.78 is 29.0. The minimum atomic E-state index is -2.84. The second-order valence-corrected chi connectivity index (χ2v) is 4.41. The van der Waals surface area contributed by atoms with Gasteiger partial charge in [-0.25, -0.2) is 0 Å². The topological polar surface area (TPSA) is 38.3 Å². The highest BCUT2D eigenvalue weighted by Crippen LogP contribution is 2.53. The maximum absolute atomic E-state index is 12.3. The zero-order valence-corrected chi connectivity index (χ0v) is 8.90. The lowest BCUT2D eigenvalue weighted by Gasteiger charge is -2.17. The highest BCUT2D eigenvalue weighted by atomic mass is 19.3. The molecule has 0 spiro atoms. The van der Waals surface area contributed by atoms with E-state index in [1.54, 1.807) is 18.2 Å². The van der Waals surface area contributed by atoms with Crippen LogP contribution in [0, 0.1) is 11.8 Å². The summed E-state index contributed by atoms with van der Waals surface area (Å²) in [7, 11) is 0. The molecule has 1 aromatic rings. The molecule has 1 saturated heterocycles. The molecule has 1 aromatic carbocycles. The first-order valence-corrected chi connectivity index (χ1v) is 5.51. The molecule has 2 aliphatic rings. The van der Waals surface area contributed by atoms with Gasteiger partial charge >= 0.3 is 6.61 Å². The van der Waals surface area contributed by atoms with Crippen molar-refractivity contribution in [2.45, 2.75) is 19.1 Å². The Labute approximate surface area is 96.8 Å². The molecule has 1 saturated carbocycles. The number of nitrogens with one attached hydrogen (secondary N) is 1. The summed E-state index contributed by atoms with van der Waals surface area (Å²) in [5, 5.41) is 2.82. The molecule has 3 nitrogen and oxygen atoms in total. The van der Waals surface area contributed by atoms with Gasteiger partial charge in [0.15, 0.2) is 0 Å². The van der Waals surface area contributed by atoms with Crippen LogP contribution in [0.1, 0.15) is 18.0 Å². The number of carbonyl (C=O) groups is 1. The highest BCUT2D eigenvalue weighted by molar-refractivity contribution is 5.85. The van der Waals surface area contributed by atoms with E-state index < -0.39 is 6.61 Å². The molecule has 3 rings (SSSR count). The zero-order chi connectivity index (χ0) is 12.0. The van der Waals surface area contributed by atoms with E-state index in [9.17, 15) is 13.6 Å². The Kier molecular flexibility index (Phi) is 2.28. The number of halogens is 2. The Morgan fingerprint density at radius 1 is 1.35 bits per heavy atom. The van der Waals surface area contributed by atoms with Crippen LogP contribution in [0.15, 0.2) is 24.3 Å². The number of alkyl halides is 2. The second kappa shape index (κ2) is 3.68. The van der Waals surface area contributed by atoms with Crippen LogP contribution in [-0.2, 0) is 4.79 Å². The van der Waals surface area contributed by atoms with Crippen molar-refractivity contribution in [1.29, 1.82) is 0 Å². The van der Waals surface area contributed by atoms with Crippen LogP contribution in [0.25, 0.3) is 0 Å². The van der Waals surface area contributed by atoms with E-state index in [4.69, 9.17) is 0 Å². The van der Waals surface area contributed by atoms with Crippen molar-refractivity contribution < 1.29 is 18.3 Å². The molecule has 1 amide bonds. The average Bonchev–Trinajstić information content (AvgIpc) is 3.00. The summed E-state index contributed by atoms with van der Waals surface area (Å²) >= 11 is 0. The van der Waals surface area contributed by atoms with Crippen molar-refractivity contribution in [2.75, 3.05) is 0 Å². The first-order chi connectivity index (χ1) is 8.16. The summed E-state index contributed by atoms with van der Waals surface area (Å²) in [5.41, 5.74) is 0.645. The Morgan fingerprint density at radius 2 is 2.12 bits per heavy atom.